The molecule has 23 heavy (non-hydrogen) atoms. The van der Waals surface area contributed by atoms with Gasteiger partial charge in [0.25, 0.3) is 0 Å². The largest absolute Gasteiger partial charge is 0.393 e. The molecule has 0 bridgehead atoms. The number of aromatic nitrogens is 1. The van der Waals surface area contributed by atoms with Crippen molar-refractivity contribution in [2.45, 2.75) is 44.3 Å². The lowest BCUT2D eigenvalue weighted by atomic mass is 9.84. The number of para-hydroxylation sites is 1. The number of alkyl halides is 3. The van der Waals surface area contributed by atoms with Gasteiger partial charge in [-0.3, -0.25) is 4.79 Å². The summed E-state index contributed by atoms with van der Waals surface area (Å²) in [6, 6.07) is 6.75. The number of carbonyl (C=O) groups excluding carboxylic acids is 1. The number of hydrogen-bond acceptors (Lipinski definition) is 1. The first-order chi connectivity index (χ1) is 10.9. The Kier molecular flexibility index (Phi) is 4.33. The maximum Gasteiger partial charge on any atom is 0.393 e. The highest BCUT2D eigenvalue weighted by Gasteiger charge is 2.45. The molecule has 1 fully saturated rings. The summed E-state index contributed by atoms with van der Waals surface area (Å²) in [7, 11) is 0. The van der Waals surface area contributed by atoms with Crippen LogP contribution in [-0.2, 0) is 11.2 Å². The third-order valence-electron chi connectivity index (χ3n) is 4.56. The molecular formula is C17H19F3N2O. The van der Waals surface area contributed by atoms with Gasteiger partial charge in [-0.1, -0.05) is 31.0 Å². The van der Waals surface area contributed by atoms with Crippen molar-refractivity contribution < 1.29 is 18.0 Å². The van der Waals surface area contributed by atoms with E-state index in [2.05, 4.69) is 10.3 Å². The fraction of sp³-hybridized carbons (Fsp3) is 0.471. The van der Waals surface area contributed by atoms with Crippen LogP contribution < -0.4 is 5.32 Å². The van der Waals surface area contributed by atoms with Gasteiger partial charge in [-0.15, -0.1) is 0 Å². The monoisotopic (exact) mass is 324 g/mol. The summed E-state index contributed by atoms with van der Waals surface area (Å²) < 4.78 is 39.2. The van der Waals surface area contributed by atoms with Crippen molar-refractivity contribution in [1.29, 1.82) is 0 Å². The van der Waals surface area contributed by atoms with Crippen LogP contribution in [0, 0.1) is 5.92 Å². The van der Waals surface area contributed by atoms with Gasteiger partial charge in [0.15, 0.2) is 0 Å². The third-order valence-corrected chi connectivity index (χ3v) is 4.56. The quantitative estimate of drug-likeness (QED) is 0.882. The summed E-state index contributed by atoms with van der Waals surface area (Å²) in [5, 5.41) is 3.53. The minimum atomic E-state index is -4.25. The van der Waals surface area contributed by atoms with Crippen molar-refractivity contribution in [3.05, 3.63) is 36.0 Å². The normalized spacial score (nSPS) is 22.2. The lowest BCUT2D eigenvalue weighted by molar-refractivity contribution is -0.189. The Bertz CT molecular complexity index is 692. The van der Waals surface area contributed by atoms with Crippen LogP contribution in [0.1, 0.15) is 31.2 Å². The van der Waals surface area contributed by atoms with Crippen LogP contribution in [-0.4, -0.2) is 23.1 Å². The van der Waals surface area contributed by atoms with Gasteiger partial charge in [0.1, 0.15) is 0 Å². The van der Waals surface area contributed by atoms with E-state index >= 15 is 0 Å². The van der Waals surface area contributed by atoms with E-state index < -0.39 is 18.1 Å². The minimum Gasteiger partial charge on any atom is -0.361 e. The molecule has 0 saturated heterocycles. The van der Waals surface area contributed by atoms with Crippen molar-refractivity contribution in [2.75, 3.05) is 0 Å². The number of H-pyrrole nitrogens is 1. The number of carbonyl (C=O) groups is 1. The van der Waals surface area contributed by atoms with Gasteiger partial charge in [0.2, 0.25) is 5.91 Å². The first-order valence-corrected chi connectivity index (χ1v) is 7.86. The molecule has 3 rings (SSSR count). The fourth-order valence-electron chi connectivity index (χ4n) is 3.40. The van der Waals surface area contributed by atoms with Gasteiger partial charge in [-0.05, 0) is 24.5 Å². The van der Waals surface area contributed by atoms with E-state index in [9.17, 15) is 18.0 Å². The number of nitrogens with one attached hydrogen (secondary N) is 2. The number of fused-ring (bicyclic) bond motifs is 1. The Morgan fingerprint density at radius 3 is 2.74 bits per heavy atom. The summed E-state index contributed by atoms with van der Waals surface area (Å²) in [5.74, 6) is -1.78. The molecule has 0 spiro atoms. The molecule has 1 aromatic carbocycles. The van der Waals surface area contributed by atoms with E-state index in [4.69, 9.17) is 0 Å². The Morgan fingerprint density at radius 1 is 1.22 bits per heavy atom. The fourth-order valence-corrected chi connectivity index (χ4v) is 3.40. The molecular weight excluding hydrogens is 305 g/mol. The second kappa shape index (κ2) is 6.26. The molecule has 1 amide bonds. The number of amides is 1. The minimum absolute atomic E-state index is 0.0884. The first-order valence-electron chi connectivity index (χ1n) is 7.86. The second-order valence-electron chi connectivity index (χ2n) is 6.14. The Balaban J connectivity index is 1.69. The molecule has 1 aliphatic carbocycles. The smallest absolute Gasteiger partial charge is 0.361 e. The van der Waals surface area contributed by atoms with Crippen molar-refractivity contribution in [1.82, 2.24) is 10.3 Å². The molecule has 1 aromatic heterocycles. The molecule has 6 heteroatoms. The van der Waals surface area contributed by atoms with Gasteiger partial charge in [-0.25, -0.2) is 0 Å². The first kappa shape index (κ1) is 15.9. The molecule has 2 atom stereocenters. The van der Waals surface area contributed by atoms with Crippen molar-refractivity contribution in [3.63, 3.8) is 0 Å². The lowest BCUT2D eigenvalue weighted by Gasteiger charge is -2.33. The van der Waals surface area contributed by atoms with Gasteiger partial charge < -0.3 is 10.3 Å². The summed E-state index contributed by atoms with van der Waals surface area (Å²) >= 11 is 0. The Hall–Kier alpha value is -1.98. The summed E-state index contributed by atoms with van der Waals surface area (Å²) in [6.07, 6.45) is -0.633. The summed E-state index contributed by atoms with van der Waals surface area (Å²) in [6.45, 7) is 0. The van der Waals surface area contributed by atoms with Crippen LogP contribution in [0.4, 0.5) is 13.2 Å². The van der Waals surface area contributed by atoms with Crippen LogP contribution in [0.15, 0.2) is 30.5 Å². The maximum absolute atomic E-state index is 13.1. The topological polar surface area (TPSA) is 44.9 Å². The molecule has 2 aromatic rings. The van der Waals surface area contributed by atoms with Crippen molar-refractivity contribution >= 4 is 16.8 Å². The predicted octanol–water partition coefficient (Wildman–Crippen LogP) is 3.95. The molecule has 124 valence electrons. The zero-order chi connectivity index (χ0) is 16.4. The molecule has 2 N–H and O–H groups in total. The molecule has 1 aliphatic rings. The molecule has 0 radical (unpaired) electrons. The molecule has 3 nitrogen and oxygen atoms in total. The second-order valence-corrected chi connectivity index (χ2v) is 6.14. The molecule has 0 aliphatic heterocycles. The van der Waals surface area contributed by atoms with Crippen LogP contribution in [0.25, 0.3) is 10.9 Å². The highest BCUT2D eigenvalue weighted by Crippen LogP contribution is 2.37. The number of halogens is 3. The summed E-state index contributed by atoms with van der Waals surface area (Å²) in [5.41, 5.74) is 1.72. The van der Waals surface area contributed by atoms with Crippen molar-refractivity contribution in [3.8, 4) is 0 Å². The van der Waals surface area contributed by atoms with Crippen molar-refractivity contribution in [2.24, 2.45) is 5.92 Å². The standard InChI is InChI=1S/C17H19F3N2O/c18-17(19,20)13-6-2-4-8-15(13)22-16(23)9-11-10-21-14-7-3-1-5-12(11)14/h1,3,5,7,10,13,15,21H,2,4,6,8-9H2,(H,22,23)/t13-,15+/m0/s1. The lowest BCUT2D eigenvalue weighted by Crippen LogP contribution is -2.48. The maximum atomic E-state index is 13.1. The van der Waals surface area contributed by atoms with Crippen LogP contribution in [0.3, 0.4) is 0 Å². The van der Waals surface area contributed by atoms with E-state index in [-0.39, 0.29) is 18.7 Å². The zero-order valence-electron chi connectivity index (χ0n) is 12.6. The molecule has 0 unspecified atom stereocenters. The van der Waals surface area contributed by atoms with Gasteiger partial charge in [0.05, 0.1) is 12.3 Å². The number of rotatable bonds is 3. The van der Waals surface area contributed by atoms with E-state index in [1.54, 1.807) is 6.20 Å². The number of benzene rings is 1. The third kappa shape index (κ3) is 3.51. The van der Waals surface area contributed by atoms with E-state index in [0.29, 0.717) is 12.8 Å². The highest BCUT2D eigenvalue weighted by molar-refractivity contribution is 5.88. The van der Waals surface area contributed by atoms with E-state index in [1.807, 2.05) is 24.3 Å². The number of aromatic amines is 1. The SMILES string of the molecule is O=C(Cc1c[nH]c2ccccc12)N[C@@H]1CCCC[C@@H]1C(F)(F)F. The predicted molar refractivity (Wildman–Crippen MR) is 81.9 cm³/mol. The summed E-state index contributed by atoms with van der Waals surface area (Å²) in [4.78, 5) is 15.3. The number of hydrogen-bond donors (Lipinski definition) is 2. The average Bonchev–Trinajstić information content (AvgIpc) is 2.90. The molecule has 1 saturated carbocycles. The Labute approximate surface area is 132 Å². The van der Waals surface area contributed by atoms with E-state index in [1.165, 1.54) is 0 Å². The van der Waals surface area contributed by atoms with E-state index in [0.717, 1.165) is 22.9 Å². The highest BCUT2D eigenvalue weighted by atomic mass is 19.4. The molecule has 1 heterocycles. The van der Waals surface area contributed by atoms with Gasteiger partial charge in [-0.2, -0.15) is 13.2 Å². The average molecular weight is 324 g/mol. The van der Waals surface area contributed by atoms with Gasteiger partial charge >= 0.3 is 6.18 Å². The van der Waals surface area contributed by atoms with Crippen LogP contribution in [0.5, 0.6) is 0 Å². The van der Waals surface area contributed by atoms with Crippen LogP contribution in [0.2, 0.25) is 0 Å². The van der Waals surface area contributed by atoms with Crippen LogP contribution >= 0.6 is 0 Å². The van der Waals surface area contributed by atoms with Gasteiger partial charge in [0, 0.05) is 23.1 Å². The Morgan fingerprint density at radius 2 is 1.96 bits per heavy atom. The zero-order valence-corrected chi connectivity index (χ0v) is 12.6.